The minimum Gasteiger partial charge on any atom is -0.496 e. The standard InChI is InChI=1S/C27H25FN2O7/c1-3-36-26(31)15-17-4-11-25(35-2)22(14-17)20-9-10-24(28)21-12-13-29(16-23(20)21)27(32)37-19-7-5-18(6-8-19)30(33)34/h4-11,14H,3,12-13,15-16H2,1-2H3. The lowest BCUT2D eigenvalue weighted by Gasteiger charge is -2.30. The van der Waals surface area contributed by atoms with Crippen molar-refractivity contribution in [1.29, 1.82) is 0 Å². The summed E-state index contributed by atoms with van der Waals surface area (Å²) in [7, 11) is 1.52. The molecule has 1 aliphatic heterocycles. The van der Waals surface area contributed by atoms with E-state index in [9.17, 15) is 24.1 Å². The lowest BCUT2D eigenvalue weighted by atomic mass is 9.89. The number of carbonyl (C=O) groups excluding carboxylic acids is 2. The zero-order valence-corrected chi connectivity index (χ0v) is 20.4. The van der Waals surface area contributed by atoms with Crippen molar-refractivity contribution in [1.82, 2.24) is 4.90 Å². The van der Waals surface area contributed by atoms with Crippen LogP contribution in [0, 0.1) is 15.9 Å². The topological polar surface area (TPSA) is 108 Å². The van der Waals surface area contributed by atoms with E-state index in [1.165, 1.54) is 42.3 Å². The van der Waals surface area contributed by atoms with Gasteiger partial charge in [-0.2, -0.15) is 0 Å². The number of carbonyl (C=O) groups is 2. The van der Waals surface area contributed by atoms with E-state index in [4.69, 9.17) is 14.2 Å². The number of halogens is 1. The molecule has 0 N–H and O–H groups in total. The highest BCUT2D eigenvalue weighted by Gasteiger charge is 2.28. The number of hydrogen-bond donors (Lipinski definition) is 0. The van der Waals surface area contributed by atoms with Crippen LogP contribution in [-0.2, 0) is 28.9 Å². The molecule has 0 saturated carbocycles. The number of fused-ring (bicyclic) bond motifs is 1. The summed E-state index contributed by atoms with van der Waals surface area (Å²) in [6.07, 6.45) is -0.311. The fourth-order valence-corrected chi connectivity index (χ4v) is 4.30. The Morgan fingerprint density at radius 1 is 1.05 bits per heavy atom. The Balaban J connectivity index is 1.63. The summed E-state index contributed by atoms with van der Waals surface area (Å²) in [4.78, 5) is 36.7. The number of benzene rings is 3. The molecule has 3 aromatic rings. The quantitative estimate of drug-likeness (QED) is 0.249. The van der Waals surface area contributed by atoms with Gasteiger partial charge in [0.05, 0.1) is 31.6 Å². The number of methoxy groups -OCH3 is 1. The number of amides is 1. The summed E-state index contributed by atoms with van der Waals surface area (Å²) in [6, 6.07) is 13.5. The number of hydrogen-bond acceptors (Lipinski definition) is 7. The first-order chi connectivity index (χ1) is 17.8. The summed E-state index contributed by atoms with van der Waals surface area (Å²) in [5.74, 6) is -0.0371. The van der Waals surface area contributed by atoms with E-state index < -0.39 is 11.0 Å². The molecule has 0 bridgehead atoms. The van der Waals surface area contributed by atoms with Crippen LogP contribution < -0.4 is 9.47 Å². The Hall–Kier alpha value is -4.47. The summed E-state index contributed by atoms with van der Waals surface area (Å²) in [5, 5.41) is 10.9. The van der Waals surface area contributed by atoms with Crippen molar-refractivity contribution < 1.29 is 33.1 Å². The maximum atomic E-state index is 14.8. The van der Waals surface area contributed by atoms with E-state index in [-0.39, 0.29) is 55.8 Å². The van der Waals surface area contributed by atoms with Gasteiger partial charge in [-0.05, 0) is 65.9 Å². The SMILES string of the molecule is CCOC(=O)Cc1ccc(OC)c(-c2ccc(F)c3c2CN(C(=O)Oc2ccc([N+](=O)[O-])cc2)CC3)c1. The van der Waals surface area contributed by atoms with E-state index in [0.717, 1.165) is 0 Å². The molecule has 0 aliphatic carbocycles. The maximum Gasteiger partial charge on any atom is 0.415 e. The average Bonchev–Trinajstić information content (AvgIpc) is 2.89. The van der Waals surface area contributed by atoms with Crippen molar-refractivity contribution in [2.75, 3.05) is 20.3 Å². The number of nitrogens with zero attached hydrogens (tertiary/aromatic N) is 2. The van der Waals surface area contributed by atoms with Crippen LogP contribution in [0.1, 0.15) is 23.6 Å². The molecule has 4 rings (SSSR count). The highest BCUT2D eigenvalue weighted by molar-refractivity contribution is 5.79. The number of nitro benzene ring substituents is 1. The van der Waals surface area contributed by atoms with Gasteiger partial charge >= 0.3 is 12.1 Å². The normalized spacial score (nSPS) is 12.5. The Morgan fingerprint density at radius 3 is 2.49 bits per heavy atom. The zero-order valence-electron chi connectivity index (χ0n) is 20.4. The largest absolute Gasteiger partial charge is 0.496 e. The van der Waals surface area contributed by atoms with E-state index >= 15 is 0 Å². The molecule has 0 unspecified atom stereocenters. The van der Waals surface area contributed by atoms with Crippen molar-refractivity contribution in [2.24, 2.45) is 0 Å². The van der Waals surface area contributed by atoms with Crippen LogP contribution in [0.25, 0.3) is 11.1 Å². The Bertz CT molecular complexity index is 1340. The van der Waals surface area contributed by atoms with Crippen LogP contribution >= 0.6 is 0 Å². The van der Waals surface area contributed by atoms with Gasteiger partial charge in [-0.1, -0.05) is 12.1 Å². The molecule has 0 saturated heterocycles. The molecule has 0 radical (unpaired) electrons. The van der Waals surface area contributed by atoms with Crippen LogP contribution in [-0.4, -0.2) is 42.1 Å². The molecule has 1 aliphatic rings. The summed E-state index contributed by atoms with van der Waals surface area (Å²) >= 11 is 0. The third-order valence-electron chi connectivity index (χ3n) is 6.07. The summed E-state index contributed by atoms with van der Waals surface area (Å²) in [6.45, 7) is 2.33. The molecule has 37 heavy (non-hydrogen) atoms. The fraction of sp³-hybridized carbons (Fsp3) is 0.259. The van der Waals surface area contributed by atoms with Gasteiger partial charge in [-0.15, -0.1) is 0 Å². The van der Waals surface area contributed by atoms with Crippen LogP contribution in [0.3, 0.4) is 0 Å². The van der Waals surface area contributed by atoms with Gasteiger partial charge in [0.25, 0.3) is 5.69 Å². The highest BCUT2D eigenvalue weighted by Crippen LogP contribution is 2.38. The van der Waals surface area contributed by atoms with Crippen LogP contribution in [0.2, 0.25) is 0 Å². The van der Waals surface area contributed by atoms with Gasteiger partial charge < -0.3 is 19.1 Å². The van der Waals surface area contributed by atoms with Crippen LogP contribution in [0.4, 0.5) is 14.9 Å². The molecule has 1 heterocycles. The minimum atomic E-state index is -0.655. The molecule has 0 spiro atoms. The molecule has 0 aromatic heterocycles. The number of esters is 1. The van der Waals surface area contributed by atoms with E-state index in [1.54, 1.807) is 31.2 Å². The number of ether oxygens (including phenoxy) is 3. The molecule has 9 nitrogen and oxygen atoms in total. The lowest BCUT2D eigenvalue weighted by molar-refractivity contribution is -0.384. The van der Waals surface area contributed by atoms with Gasteiger partial charge in [0.2, 0.25) is 0 Å². The first-order valence-corrected chi connectivity index (χ1v) is 11.6. The van der Waals surface area contributed by atoms with E-state index in [1.807, 2.05) is 0 Å². The number of non-ortho nitro benzene ring substituents is 1. The Kier molecular flexibility index (Phi) is 7.66. The molecule has 0 fully saturated rings. The van der Waals surface area contributed by atoms with Gasteiger partial charge in [-0.3, -0.25) is 14.9 Å². The summed E-state index contributed by atoms with van der Waals surface area (Å²) < 4.78 is 30.8. The fourth-order valence-electron chi connectivity index (χ4n) is 4.30. The lowest BCUT2D eigenvalue weighted by Crippen LogP contribution is -2.38. The second kappa shape index (κ2) is 11.1. The van der Waals surface area contributed by atoms with Crippen LogP contribution in [0.5, 0.6) is 11.5 Å². The molecular weight excluding hydrogens is 483 g/mol. The second-order valence-electron chi connectivity index (χ2n) is 8.36. The van der Waals surface area contributed by atoms with E-state index in [2.05, 4.69) is 0 Å². The van der Waals surface area contributed by atoms with E-state index in [0.29, 0.717) is 33.6 Å². The highest BCUT2D eigenvalue weighted by atomic mass is 19.1. The predicted molar refractivity (Wildman–Crippen MR) is 132 cm³/mol. The molecule has 192 valence electrons. The second-order valence-corrected chi connectivity index (χ2v) is 8.36. The average molecular weight is 509 g/mol. The molecule has 10 heteroatoms. The van der Waals surface area contributed by atoms with Crippen molar-refractivity contribution in [3.63, 3.8) is 0 Å². The molecule has 3 aromatic carbocycles. The molecule has 0 atom stereocenters. The predicted octanol–water partition coefficient (Wildman–Crippen LogP) is 5.07. The van der Waals surface area contributed by atoms with Crippen molar-refractivity contribution >= 4 is 17.7 Å². The zero-order chi connectivity index (χ0) is 26.5. The van der Waals surface area contributed by atoms with Crippen molar-refractivity contribution in [2.45, 2.75) is 26.3 Å². The first kappa shape index (κ1) is 25.6. The number of rotatable bonds is 7. The maximum absolute atomic E-state index is 14.8. The Labute approximate surface area is 212 Å². The monoisotopic (exact) mass is 508 g/mol. The summed E-state index contributed by atoms with van der Waals surface area (Å²) in [5.41, 5.74) is 3.02. The van der Waals surface area contributed by atoms with Crippen molar-refractivity contribution in [3.8, 4) is 22.6 Å². The molecular formula is C27H25FN2O7. The van der Waals surface area contributed by atoms with Gasteiger partial charge in [0, 0.05) is 24.2 Å². The van der Waals surface area contributed by atoms with Gasteiger partial charge in [0.15, 0.2) is 0 Å². The third kappa shape index (κ3) is 5.69. The van der Waals surface area contributed by atoms with Crippen molar-refractivity contribution in [3.05, 3.63) is 87.2 Å². The van der Waals surface area contributed by atoms with Crippen LogP contribution in [0.15, 0.2) is 54.6 Å². The minimum absolute atomic E-state index is 0.0713. The first-order valence-electron chi connectivity index (χ1n) is 11.6. The smallest absolute Gasteiger partial charge is 0.415 e. The van der Waals surface area contributed by atoms with Gasteiger partial charge in [-0.25, -0.2) is 9.18 Å². The third-order valence-corrected chi connectivity index (χ3v) is 6.07. The number of nitro groups is 1. The molecule has 1 amide bonds. The Morgan fingerprint density at radius 2 is 1.81 bits per heavy atom. The van der Waals surface area contributed by atoms with Gasteiger partial charge in [0.1, 0.15) is 17.3 Å².